The van der Waals surface area contributed by atoms with E-state index in [0.717, 1.165) is 22.4 Å². The van der Waals surface area contributed by atoms with Gasteiger partial charge in [0.2, 0.25) is 0 Å². The van der Waals surface area contributed by atoms with Crippen LogP contribution < -0.4 is 9.47 Å². The minimum atomic E-state index is 0.134. The average Bonchev–Trinajstić information content (AvgIpc) is 2.39. The second-order valence-electron chi connectivity index (χ2n) is 4.52. The first-order chi connectivity index (χ1) is 9.08. The Morgan fingerprint density at radius 2 is 1.63 bits per heavy atom. The maximum Gasteiger partial charge on any atom is 0.165 e. The maximum absolute atomic E-state index is 10.3. The van der Waals surface area contributed by atoms with Gasteiger partial charge in [-0.1, -0.05) is 18.2 Å². The predicted molar refractivity (Wildman–Crippen MR) is 76.1 cm³/mol. The number of aromatic hydroxyl groups is 1. The Morgan fingerprint density at radius 3 is 2.26 bits per heavy atom. The Labute approximate surface area is 113 Å². The Hall–Kier alpha value is -2.16. The lowest BCUT2D eigenvalue weighted by Gasteiger charge is -2.15. The van der Waals surface area contributed by atoms with Crippen LogP contribution in [-0.2, 0) is 0 Å². The molecule has 0 radical (unpaired) electrons. The van der Waals surface area contributed by atoms with Crippen LogP contribution >= 0.6 is 0 Å². The van der Waals surface area contributed by atoms with Gasteiger partial charge in [0.1, 0.15) is 5.75 Å². The van der Waals surface area contributed by atoms with Crippen LogP contribution in [-0.4, -0.2) is 19.3 Å². The van der Waals surface area contributed by atoms with E-state index in [0.29, 0.717) is 11.3 Å². The molecule has 3 nitrogen and oxygen atoms in total. The molecule has 0 saturated heterocycles. The number of benzene rings is 2. The maximum atomic E-state index is 10.3. The number of aryl methyl sites for hydroxylation is 2. The van der Waals surface area contributed by atoms with Crippen molar-refractivity contribution in [2.75, 3.05) is 14.2 Å². The summed E-state index contributed by atoms with van der Waals surface area (Å²) in [6.07, 6.45) is 0. The fourth-order valence-corrected chi connectivity index (χ4v) is 2.32. The normalized spacial score (nSPS) is 10.3. The van der Waals surface area contributed by atoms with Gasteiger partial charge in [0, 0.05) is 11.1 Å². The molecule has 3 heteroatoms. The Morgan fingerprint density at radius 1 is 0.947 bits per heavy atom. The second-order valence-corrected chi connectivity index (χ2v) is 4.52. The molecule has 0 atom stereocenters. The molecule has 19 heavy (non-hydrogen) atoms. The van der Waals surface area contributed by atoms with Crippen LogP contribution in [0.25, 0.3) is 11.1 Å². The molecule has 0 unspecified atom stereocenters. The number of para-hydroxylation sites is 1. The smallest absolute Gasteiger partial charge is 0.165 e. The van der Waals surface area contributed by atoms with E-state index in [-0.39, 0.29) is 5.75 Å². The number of rotatable bonds is 3. The highest BCUT2D eigenvalue weighted by molar-refractivity contribution is 5.80. The van der Waals surface area contributed by atoms with E-state index in [4.69, 9.17) is 9.47 Å². The molecule has 0 aliphatic carbocycles. The third kappa shape index (κ3) is 2.36. The Bertz CT molecular complexity index is 603. The van der Waals surface area contributed by atoms with E-state index in [1.165, 1.54) is 7.11 Å². The molecule has 0 heterocycles. The molecule has 0 amide bonds. The molecule has 0 aliphatic rings. The van der Waals surface area contributed by atoms with E-state index < -0.39 is 0 Å². The summed E-state index contributed by atoms with van der Waals surface area (Å²) in [6.45, 7) is 4.02. The number of methoxy groups -OCH3 is 2. The van der Waals surface area contributed by atoms with Crippen LogP contribution in [0, 0.1) is 13.8 Å². The van der Waals surface area contributed by atoms with Gasteiger partial charge in [-0.25, -0.2) is 0 Å². The van der Waals surface area contributed by atoms with Gasteiger partial charge in [-0.05, 0) is 37.1 Å². The first kappa shape index (κ1) is 13.3. The minimum absolute atomic E-state index is 0.134. The van der Waals surface area contributed by atoms with Gasteiger partial charge in [-0.3, -0.25) is 0 Å². The van der Waals surface area contributed by atoms with Crippen LogP contribution in [0.3, 0.4) is 0 Å². The summed E-state index contributed by atoms with van der Waals surface area (Å²) in [5, 5.41) is 10.3. The largest absolute Gasteiger partial charge is 0.504 e. The quantitative estimate of drug-likeness (QED) is 0.912. The topological polar surface area (TPSA) is 38.7 Å². The molecule has 100 valence electrons. The van der Waals surface area contributed by atoms with Crippen molar-refractivity contribution in [1.29, 1.82) is 0 Å². The van der Waals surface area contributed by atoms with Crippen molar-refractivity contribution < 1.29 is 14.6 Å². The van der Waals surface area contributed by atoms with Crippen molar-refractivity contribution in [2.24, 2.45) is 0 Å². The van der Waals surface area contributed by atoms with Gasteiger partial charge < -0.3 is 14.6 Å². The van der Waals surface area contributed by atoms with E-state index in [2.05, 4.69) is 6.07 Å². The summed E-state index contributed by atoms with van der Waals surface area (Å²) in [5.41, 5.74) is 3.79. The highest BCUT2D eigenvalue weighted by Gasteiger charge is 2.16. The lowest BCUT2D eigenvalue weighted by Crippen LogP contribution is -1.94. The monoisotopic (exact) mass is 258 g/mol. The lowest BCUT2D eigenvalue weighted by atomic mass is 9.96. The van der Waals surface area contributed by atoms with E-state index in [1.54, 1.807) is 13.2 Å². The number of hydrogen-bond acceptors (Lipinski definition) is 3. The third-order valence-electron chi connectivity index (χ3n) is 3.15. The van der Waals surface area contributed by atoms with Crippen molar-refractivity contribution >= 4 is 0 Å². The van der Waals surface area contributed by atoms with Crippen molar-refractivity contribution in [1.82, 2.24) is 0 Å². The number of phenolic OH excluding ortho intramolecular Hbond substituents is 1. The molecular formula is C16H18O3. The van der Waals surface area contributed by atoms with Crippen LogP contribution in [0.15, 0.2) is 30.3 Å². The zero-order chi connectivity index (χ0) is 14.0. The Balaban J connectivity index is 2.72. The summed E-state index contributed by atoms with van der Waals surface area (Å²) in [7, 11) is 3.17. The van der Waals surface area contributed by atoms with Crippen molar-refractivity contribution in [3.63, 3.8) is 0 Å². The van der Waals surface area contributed by atoms with Crippen LogP contribution in [0.5, 0.6) is 17.2 Å². The highest BCUT2D eigenvalue weighted by atomic mass is 16.5. The summed E-state index contributed by atoms with van der Waals surface area (Å²) in [5.74, 6) is 1.34. The zero-order valence-corrected chi connectivity index (χ0v) is 11.7. The summed E-state index contributed by atoms with van der Waals surface area (Å²) in [4.78, 5) is 0. The first-order valence-electron chi connectivity index (χ1n) is 6.10. The van der Waals surface area contributed by atoms with E-state index in [1.807, 2.05) is 32.0 Å². The van der Waals surface area contributed by atoms with Crippen LogP contribution in [0.2, 0.25) is 0 Å². The van der Waals surface area contributed by atoms with Crippen LogP contribution in [0.1, 0.15) is 11.1 Å². The van der Waals surface area contributed by atoms with Gasteiger partial charge in [-0.15, -0.1) is 0 Å². The average molecular weight is 258 g/mol. The van der Waals surface area contributed by atoms with Gasteiger partial charge in [0.05, 0.1) is 14.2 Å². The summed E-state index contributed by atoms with van der Waals surface area (Å²) < 4.78 is 10.6. The fourth-order valence-electron chi connectivity index (χ4n) is 2.32. The molecule has 0 spiro atoms. The van der Waals surface area contributed by atoms with Gasteiger partial charge in [0.25, 0.3) is 0 Å². The molecule has 1 N–H and O–H groups in total. The van der Waals surface area contributed by atoms with Gasteiger partial charge in [0.15, 0.2) is 11.5 Å². The lowest BCUT2D eigenvalue weighted by molar-refractivity contribution is 0.374. The number of ether oxygens (including phenoxy) is 2. The first-order valence-corrected chi connectivity index (χ1v) is 6.10. The van der Waals surface area contributed by atoms with Crippen molar-refractivity contribution in [3.8, 4) is 28.4 Å². The van der Waals surface area contributed by atoms with Crippen molar-refractivity contribution in [3.05, 3.63) is 41.5 Å². The second kappa shape index (κ2) is 5.22. The summed E-state index contributed by atoms with van der Waals surface area (Å²) in [6, 6.07) is 9.47. The zero-order valence-electron chi connectivity index (χ0n) is 11.7. The molecule has 2 aromatic rings. The molecule has 2 rings (SSSR count). The van der Waals surface area contributed by atoms with Gasteiger partial charge >= 0.3 is 0 Å². The standard InChI is InChI=1S/C16H18O3/c1-10-8-11(2)15(14(9-10)19-4)12-6-5-7-13(18-3)16(12)17/h5-9,17H,1-4H3. The number of hydrogen-bond donors (Lipinski definition) is 1. The molecule has 0 aromatic heterocycles. The van der Waals surface area contributed by atoms with Gasteiger partial charge in [-0.2, -0.15) is 0 Å². The molecule has 0 saturated carbocycles. The molecule has 0 bridgehead atoms. The fraction of sp³-hybridized carbons (Fsp3) is 0.250. The number of phenols is 1. The molecule has 0 fully saturated rings. The van der Waals surface area contributed by atoms with E-state index >= 15 is 0 Å². The highest BCUT2D eigenvalue weighted by Crippen LogP contribution is 2.42. The third-order valence-corrected chi connectivity index (χ3v) is 3.15. The molecule has 0 aliphatic heterocycles. The Kier molecular flexibility index (Phi) is 3.65. The predicted octanol–water partition coefficient (Wildman–Crippen LogP) is 3.69. The van der Waals surface area contributed by atoms with Crippen molar-refractivity contribution in [2.45, 2.75) is 13.8 Å². The summed E-state index contributed by atoms with van der Waals surface area (Å²) >= 11 is 0. The van der Waals surface area contributed by atoms with Crippen LogP contribution in [0.4, 0.5) is 0 Å². The molecule has 2 aromatic carbocycles. The molecular weight excluding hydrogens is 240 g/mol. The SMILES string of the molecule is COc1cccc(-c2c(C)cc(C)cc2OC)c1O. The minimum Gasteiger partial charge on any atom is -0.504 e. The van der Waals surface area contributed by atoms with E-state index in [9.17, 15) is 5.11 Å².